The van der Waals surface area contributed by atoms with Crippen molar-refractivity contribution in [1.82, 2.24) is 19.4 Å². The highest BCUT2D eigenvalue weighted by molar-refractivity contribution is 5.79. The van der Waals surface area contributed by atoms with Crippen LogP contribution >= 0.6 is 0 Å². The highest BCUT2D eigenvalue weighted by atomic mass is 16.2. The number of piperazine rings is 1. The molecule has 2 fully saturated rings. The molecule has 6 heteroatoms. The van der Waals surface area contributed by atoms with E-state index in [1.54, 1.807) is 0 Å². The van der Waals surface area contributed by atoms with Gasteiger partial charge in [0.15, 0.2) is 0 Å². The molecule has 2 aliphatic heterocycles. The monoisotopic (exact) mass is 445 g/mol. The number of piperidine rings is 1. The number of imidazole rings is 1. The summed E-state index contributed by atoms with van der Waals surface area (Å²) in [5.41, 5.74) is 6.12. The lowest BCUT2D eigenvalue weighted by Crippen LogP contribution is -2.52. The van der Waals surface area contributed by atoms with E-state index >= 15 is 0 Å². The van der Waals surface area contributed by atoms with E-state index < -0.39 is 0 Å². The van der Waals surface area contributed by atoms with Gasteiger partial charge in [-0.05, 0) is 62.6 Å². The molecule has 0 bridgehead atoms. The molecular formula is C27H35N5O. The van der Waals surface area contributed by atoms with Gasteiger partial charge in [0.2, 0.25) is 5.91 Å². The fourth-order valence-electron chi connectivity index (χ4n) is 5.42. The van der Waals surface area contributed by atoms with E-state index in [0.717, 1.165) is 70.0 Å². The number of hydrogen-bond acceptors (Lipinski definition) is 4. The predicted octanol–water partition coefficient (Wildman–Crippen LogP) is 3.75. The van der Waals surface area contributed by atoms with Crippen LogP contribution in [0.4, 0.5) is 5.69 Å². The summed E-state index contributed by atoms with van der Waals surface area (Å²) in [4.78, 5) is 25.2. The summed E-state index contributed by atoms with van der Waals surface area (Å²) in [7, 11) is 2.09. The van der Waals surface area contributed by atoms with Crippen molar-refractivity contribution in [3.63, 3.8) is 0 Å². The second-order valence-electron chi connectivity index (χ2n) is 9.75. The number of anilines is 1. The van der Waals surface area contributed by atoms with E-state index in [9.17, 15) is 4.79 Å². The number of aryl methyl sites for hydroxylation is 3. The van der Waals surface area contributed by atoms with Crippen molar-refractivity contribution in [3.05, 3.63) is 59.4 Å². The van der Waals surface area contributed by atoms with Crippen LogP contribution in [0.15, 0.2) is 42.5 Å². The number of nitrogens with zero attached hydrogens (tertiary/aromatic N) is 5. The van der Waals surface area contributed by atoms with Crippen LogP contribution in [0.1, 0.15) is 29.8 Å². The molecule has 6 nitrogen and oxygen atoms in total. The highest BCUT2D eigenvalue weighted by Gasteiger charge is 2.31. The lowest BCUT2D eigenvalue weighted by molar-refractivity contribution is -0.137. The maximum Gasteiger partial charge on any atom is 0.227 e. The Kier molecular flexibility index (Phi) is 6.11. The third kappa shape index (κ3) is 4.49. The van der Waals surface area contributed by atoms with Crippen LogP contribution in [0.2, 0.25) is 0 Å². The van der Waals surface area contributed by atoms with Crippen LogP contribution in [-0.2, 0) is 18.4 Å². The average Bonchev–Trinajstić information content (AvgIpc) is 3.15. The molecule has 5 rings (SSSR count). The minimum absolute atomic E-state index is 0.0979. The van der Waals surface area contributed by atoms with E-state index in [1.807, 2.05) is 6.07 Å². The number of amides is 1. The van der Waals surface area contributed by atoms with Gasteiger partial charge in [0.25, 0.3) is 0 Å². The van der Waals surface area contributed by atoms with Gasteiger partial charge >= 0.3 is 0 Å². The summed E-state index contributed by atoms with van der Waals surface area (Å²) < 4.78 is 2.19. The fraction of sp³-hybridized carbons (Fsp3) is 0.481. The maximum atomic E-state index is 13.4. The quantitative estimate of drug-likeness (QED) is 0.614. The molecule has 0 saturated carbocycles. The molecule has 33 heavy (non-hydrogen) atoms. The molecule has 2 aromatic carbocycles. The molecule has 0 unspecified atom stereocenters. The SMILES string of the molecule is Cc1ccc(C)c(N2CCN(C(=O)[C@@H]3CCCN(Cc4nc5ccccc5n4C)C3)CC2)c1. The minimum atomic E-state index is 0.0979. The van der Waals surface area contributed by atoms with Gasteiger partial charge in [-0.15, -0.1) is 0 Å². The number of likely N-dealkylation sites (tertiary alicyclic amines) is 1. The molecule has 0 radical (unpaired) electrons. The highest BCUT2D eigenvalue weighted by Crippen LogP contribution is 2.25. The largest absolute Gasteiger partial charge is 0.368 e. The summed E-state index contributed by atoms with van der Waals surface area (Å²) in [5.74, 6) is 1.51. The molecule has 3 aromatic rings. The molecular weight excluding hydrogens is 410 g/mol. The first-order valence-electron chi connectivity index (χ1n) is 12.2. The van der Waals surface area contributed by atoms with E-state index in [4.69, 9.17) is 4.98 Å². The Morgan fingerprint density at radius 3 is 2.61 bits per heavy atom. The standard InChI is InChI=1S/C27H35N5O/c1-20-10-11-21(2)25(17-20)31-13-15-32(16-14-31)27(33)22-7-6-12-30(18-22)19-26-28-23-8-4-5-9-24(23)29(26)3/h4-5,8-11,17,22H,6-7,12-16,18-19H2,1-3H3/t22-/m1/s1. The molecule has 0 N–H and O–H groups in total. The number of para-hydroxylation sites is 2. The van der Waals surface area contributed by atoms with Gasteiger partial charge in [-0.25, -0.2) is 4.98 Å². The zero-order chi connectivity index (χ0) is 22.9. The zero-order valence-corrected chi connectivity index (χ0v) is 20.1. The maximum absolute atomic E-state index is 13.4. The summed E-state index contributed by atoms with van der Waals surface area (Å²) in [6, 6.07) is 14.9. The smallest absolute Gasteiger partial charge is 0.227 e. The summed E-state index contributed by atoms with van der Waals surface area (Å²) in [6.45, 7) is 10.4. The number of fused-ring (bicyclic) bond motifs is 1. The van der Waals surface area contributed by atoms with Crippen molar-refractivity contribution in [2.75, 3.05) is 44.2 Å². The van der Waals surface area contributed by atoms with E-state index in [2.05, 4.69) is 76.6 Å². The number of benzene rings is 2. The predicted molar refractivity (Wildman–Crippen MR) is 133 cm³/mol. The molecule has 1 atom stereocenters. The third-order valence-electron chi connectivity index (χ3n) is 7.40. The summed E-state index contributed by atoms with van der Waals surface area (Å²) >= 11 is 0. The first-order chi connectivity index (χ1) is 16.0. The Balaban J connectivity index is 1.20. The molecule has 0 aliphatic carbocycles. The van der Waals surface area contributed by atoms with E-state index in [1.165, 1.54) is 22.3 Å². The molecule has 1 amide bonds. The van der Waals surface area contributed by atoms with Crippen LogP contribution in [0, 0.1) is 19.8 Å². The lowest BCUT2D eigenvalue weighted by atomic mass is 9.96. The molecule has 3 heterocycles. The topological polar surface area (TPSA) is 44.6 Å². The average molecular weight is 446 g/mol. The zero-order valence-electron chi connectivity index (χ0n) is 20.1. The summed E-state index contributed by atoms with van der Waals surface area (Å²) in [6.07, 6.45) is 2.07. The van der Waals surface area contributed by atoms with Crippen LogP contribution in [0.3, 0.4) is 0 Å². The van der Waals surface area contributed by atoms with Gasteiger partial charge in [-0.2, -0.15) is 0 Å². The molecule has 2 saturated heterocycles. The van der Waals surface area contributed by atoms with Crippen LogP contribution in [0.25, 0.3) is 11.0 Å². The number of carbonyl (C=O) groups is 1. The number of carbonyl (C=O) groups excluding carboxylic acids is 1. The van der Waals surface area contributed by atoms with Crippen LogP contribution in [-0.4, -0.2) is 64.5 Å². The van der Waals surface area contributed by atoms with Crippen LogP contribution in [0.5, 0.6) is 0 Å². The van der Waals surface area contributed by atoms with Crippen molar-refractivity contribution in [2.45, 2.75) is 33.2 Å². The second-order valence-corrected chi connectivity index (χ2v) is 9.75. The Bertz CT molecular complexity index is 1140. The normalized spacial score (nSPS) is 19.9. The van der Waals surface area contributed by atoms with Crippen molar-refractivity contribution in [1.29, 1.82) is 0 Å². The first kappa shape index (κ1) is 22.0. The van der Waals surface area contributed by atoms with Gasteiger partial charge in [0.05, 0.1) is 23.5 Å². The van der Waals surface area contributed by atoms with Gasteiger partial charge in [0.1, 0.15) is 5.82 Å². The van der Waals surface area contributed by atoms with Gasteiger partial charge < -0.3 is 14.4 Å². The Morgan fingerprint density at radius 2 is 1.82 bits per heavy atom. The Labute approximate surface area is 196 Å². The van der Waals surface area contributed by atoms with E-state index in [-0.39, 0.29) is 5.92 Å². The number of aromatic nitrogens is 2. The van der Waals surface area contributed by atoms with Gasteiger partial charge in [-0.1, -0.05) is 24.3 Å². The molecule has 2 aliphatic rings. The first-order valence-corrected chi connectivity index (χ1v) is 12.2. The third-order valence-corrected chi connectivity index (χ3v) is 7.40. The number of rotatable bonds is 4. The lowest BCUT2D eigenvalue weighted by Gasteiger charge is -2.40. The number of hydrogen-bond donors (Lipinski definition) is 0. The van der Waals surface area contributed by atoms with Crippen molar-refractivity contribution in [2.24, 2.45) is 13.0 Å². The van der Waals surface area contributed by atoms with E-state index in [0.29, 0.717) is 5.91 Å². The van der Waals surface area contributed by atoms with Gasteiger partial charge in [0, 0.05) is 45.5 Å². The van der Waals surface area contributed by atoms with Crippen molar-refractivity contribution in [3.8, 4) is 0 Å². The van der Waals surface area contributed by atoms with Gasteiger partial charge in [-0.3, -0.25) is 9.69 Å². The molecule has 174 valence electrons. The fourth-order valence-corrected chi connectivity index (χ4v) is 5.42. The molecule has 0 spiro atoms. The van der Waals surface area contributed by atoms with Crippen LogP contribution < -0.4 is 4.90 Å². The Morgan fingerprint density at radius 1 is 1.03 bits per heavy atom. The molecule has 1 aromatic heterocycles. The van der Waals surface area contributed by atoms with Crippen molar-refractivity contribution < 1.29 is 4.79 Å². The summed E-state index contributed by atoms with van der Waals surface area (Å²) in [5, 5.41) is 0. The second kappa shape index (κ2) is 9.18. The van der Waals surface area contributed by atoms with Crippen molar-refractivity contribution >= 4 is 22.6 Å². The minimum Gasteiger partial charge on any atom is -0.368 e. The Hall–Kier alpha value is -2.86.